The number of rotatable bonds is 5. The van der Waals surface area contributed by atoms with E-state index in [1.807, 2.05) is 42.8 Å². The van der Waals surface area contributed by atoms with Crippen LogP contribution < -0.4 is 0 Å². The van der Waals surface area contributed by atoms with Crippen LogP contribution in [-0.2, 0) is 9.09 Å². The first-order valence-corrected chi connectivity index (χ1v) is 8.76. The van der Waals surface area contributed by atoms with Gasteiger partial charge in [0, 0.05) is 41.5 Å². The van der Waals surface area contributed by atoms with Crippen LogP contribution in [0, 0.1) is 0 Å². The van der Waals surface area contributed by atoms with E-state index < -0.39 is 5.01 Å². The maximum absolute atomic E-state index is 12.0. The Morgan fingerprint density at radius 3 is 2.43 bits per heavy atom. The molecule has 0 spiro atoms. The highest BCUT2D eigenvalue weighted by Crippen LogP contribution is 2.65. The molecule has 0 fully saturated rings. The Morgan fingerprint density at radius 2 is 2.14 bits per heavy atom. The molecular formula is C7H15B2IO3P. The van der Waals surface area contributed by atoms with Crippen molar-refractivity contribution in [3.8, 4) is 0 Å². The quantitative estimate of drug-likeness (QED) is 0.477. The van der Waals surface area contributed by atoms with Crippen molar-refractivity contribution in [3.05, 3.63) is 0 Å². The van der Waals surface area contributed by atoms with Crippen molar-refractivity contribution in [3.63, 3.8) is 0 Å². The Labute approximate surface area is 101 Å². The molecule has 0 aliphatic rings. The summed E-state index contributed by atoms with van der Waals surface area (Å²) in [5.41, 5.74) is 0. The Balaban J connectivity index is 4.19. The standard InChI is InChI=1S/C7H15B2IO3P/c1-7(2,3)14(10,12)13-5-6(4-11)9-8/h6,11H,4-5H2,1-3H3. The number of aliphatic hydroxyl groups is 1. The maximum atomic E-state index is 12.0. The first-order valence-electron chi connectivity index (χ1n) is 4.35. The third-order valence-electron chi connectivity index (χ3n) is 1.76. The minimum Gasteiger partial charge on any atom is -0.397 e. The van der Waals surface area contributed by atoms with Crippen molar-refractivity contribution < 1.29 is 14.2 Å². The van der Waals surface area contributed by atoms with E-state index >= 15 is 0 Å². The van der Waals surface area contributed by atoms with Gasteiger partial charge in [0.05, 0.1) is 13.8 Å². The van der Waals surface area contributed by atoms with Gasteiger partial charge in [0.25, 0.3) is 5.01 Å². The van der Waals surface area contributed by atoms with E-state index in [2.05, 4.69) is 0 Å². The Morgan fingerprint density at radius 1 is 1.64 bits per heavy atom. The van der Waals surface area contributed by atoms with Gasteiger partial charge in [-0.05, 0) is 5.82 Å². The summed E-state index contributed by atoms with van der Waals surface area (Å²) in [6.07, 6.45) is 0. The second-order valence-electron chi connectivity index (χ2n) is 4.08. The van der Waals surface area contributed by atoms with Crippen molar-refractivity contribution >= 4 is 42.0 Å². The Bertz CT molecular complexity index is 215. The van der Waals surface area contributed by atoms with E-state index in [4.69, 9.17) is 17.4 Å². The zero-order valence-electron chi connectivity index (χ0n) is 8.74. The molecule has 2 atom stereocenters. The molecule has 3 radical (unpaired) electrons. The maximum Gasteiger partial charge on any atom is 0.264 e. The molecule has 0 saturated heterocycles. The van der Waals surface area contributed by atoms with Gasteiger partial charge in [0.15, 0.2) is 0 Å². The fourth-order valence-electron chi connectivity index (χ4n) is 0.554. The van der Waals surface area contributed by atoms with Crippen LogP contribution in [0.2, 0.25) is 5.82 Å². The van der Waals surface area contributed by atoms with Crippen LogP contribution in [0.3, 0.4) is 0 Å². The molecule has 1 N–H and O–H groups in total. The lowest BCUT2D eigenvalue weighted by Gasteiger charge is -2.26. The van der Waals surface area contributed by atoms with Crippen molar-refractivity contribution in [2.75, 3.05) is 13.2 Å². The van der Waals surface area contributed by atoms with Gasteiger partial charge in [0.1, 0.15) is 0 Å². The molecule has 0 rings (SSSR count). The molecule has 0 aliphatic heterocycles. The summed E-state index contributed by atoms with van der Waals surface area (Å²) in [5, 5.41) is 5.78. The molecule has 0 amide bonds. The van der Waals surface area contributed by atoms with E-state index in [-0.39, 0.29) is 24.2 Å². The summed E-state index contributed by atoms with van der Waals surface area (Å²) in [5.74, 6) is -0.250. The molecule has 0 saturated carbocycles. The average Bonchev–Trinajstić information content (AvgIpc) is 2.04. The summed E-state index contributed by atoms with van der Waals surface area (Å²) in [6.45, 7) is 5.70. The molecule has 7 heteroatoms. The molecule has 0 aromatic rings. The van der Waals surface area contributed by atoms with Gasteiger partial charge in [-0.25, -0.2) is 0 Å². The third kappa shape index (κ3) is 4.69. The van der Waals surface area contributed by atoms with Gasteiger partial charge in [-0.3, -0.25) is 4.57 Å². The molecule has 0 aliphatic carbocycles. The number of halogens is 1. The van der Waals surface area contributed by atoms with Crippen LogP contribution in [0.25, 0.3) is 0 Å². The van der Waals surface area contributed by atoms with Gasteiger partial charge in [-0.15, -0.1) is 0 Å². The second kappa shape index (κ2) is 5.92. The van der Waals surface area contributed by atoms with Crippen LogP contribution in [0.5, 0.6) is 0 Å². The van der Waals surface area contributed by atoms with Gasteiger partial charge < -0.3 is 9.63 Å². The molecule has 0 aromatic heterocycles. The monoisotopic (exact) mass is 327 g/mol. The zero-order chi connectivity index (χ0) is 11.4. The van der Waals surface area contributed by atoms with Gasteiger partial charge in [-0.2, -0.15) is 0 Å². The van der Waals surface area contributed by atoms with Gasteiger partial charge in [-0.1, -0.05) is 20.8 Å². The van der Waals surface area contributed by atoms with Crippen LogP contribution in [0.1, 0.15) is 20.8 Å². The lowest BCUT2D eigenvalue weighted by molar-refractivity contribution is 0.235. The minimum absolute atomic E-state index is 0.0860. The number of hydrogen-bond acceptors (Lipinski definition) is 3. The molecule has 0 bridgehead atoms. The van der Waals surface area contributed by atoms with Crippen LogP contribution in [0.4, 0.5) is 0 Å². The highest BCUT2D eigenvalue weighted by atomic mass is 127. The van der Waals surface area contributed by atoms with E-state index in [0.717, 1.165) is 0 Å². The van der Waals surface area contributed by atoms with E-state index in [9.17, 15) is 4.57 Å². The predicted octanol–water partition coefficient (Wildman–Crippen LogP) is 2.00. The highest BCUT2D eigenvalue weighted by Gasteiger charge is 2.35. The fourth-order valence-corrected chi connectivity index (χ4v) is 1.81. The lowest BCUT2D eigenvalue weighted by atomic mass is 9.48. The molecule has 0 heterocycles. The summed E-state index contributed by atoms with van der Waals surface area (Å²) in [4.78, 5) is 0. The molecule has 14 heavy (non-hydrogen) atoms. The molecule has 0 aromatic carbocycles. The van der Waals surface area contributed by atoms with Crippen molar-refractivity contribution in [2.45, 2.75) is 31.7 Å². The highest BCUT2D eigenvalue weighted by molar-refractivity contribution is 14.2. The summed E-state index contributed by atoms with van der Waals surface area (Å²) < 4.78 is 17.3. The topological polar surface area (TPSA) is 46.5 Å². The summed E-state index contributed by atoms with van der Waals surface area (Å²) in [6, 6.07) is 0. The smallest absolute Gasteiger partial charge is 0.264 e. The number of aliphatic hydroxyl groups excluding tert-OH is 1. The predicted molar refractivity (Wildman–Crippen MR) is 69.7 cm³/mol. The van der Waals surface area contributed by atoms with Gasteiger partial charge >= 0.3 is 0 Å². The van der Waals surface area contributed by atoms with E-state index in [1.165, 1.54) is 7.17 Å². The first-order chi connectivity index (χ1) is 6.24. The molecule has 79 valence electrons. The Hall–Kier alpha value is 1.01. The first kappa shape index (κ1) is 15.0. The lowest BCUT2D eigenvalue weighted by Crippen LogP contribution is -2.18. The van der Waals surface area contributed by atoms with Crippen LogP contribution in [-0.4, -0.2) is 38.4 Å². The van der Waals surface area contributed by atoms with Crippen molar-refractivity contribution in [2.24, 2.45) is 0 Å². The Kier molecular flexibility index (Phi) is 6.35. The normalized spacial score (nSPS) is 18.6. The van der Waals surface area contributed by atoms with E-state index in [0.29, 0.717) is 0 Å². The summed E-state index contributed by atoms with van der Waals surface area (Å²) >= 11 is 1.85. The molecule has 2 unspecified atom stereocenters. The van der Waals surface area contributed by atoms with Crippen molar-refractivity contribution in [1.29, 1.82) is 0 Å². The van der Waals surface area contributed by atoms with Gasteiger partial charge in [0.2, 0.25) is 0 Å². The number of hydrogen-bond donors (Lipinski definition) is 1. The van der Waals surface area contributed by atoms with Crippen LogP contribution in [0.15, 0.2) is 0 Å². The third-order valence-corrected chi connectivity index (χ3v) is 9.02. The molecule has 3 nitrogen and oxygen atoms in total. The zero-order valence-corrected chi connectivity index (χ0v) is 11.8. The van der Waals surface area contributed by atoms with E-state index in [1.54, 1.807) is 0 Å². The molecular weight excluding hydrogens is 312 g/mol. The SMILES string of the molecule is [B][B]C(CO)COP(=O)(I)C(C)(C)C. The minimum atomic E-state index is -2.67. The summed E-state index contributed by atoms with van der Waals surface area (Å²) in [7, 11) is 6.62. The average molecular weight is 327 g/mol. The second-order valence-corrected chi connectivity index (χ2v) is 10.5. The van der Waals surface area contributed by atoms with Crippen LogP contribution >= 0.6 is 27.1 Å². The van der Waals surface area contributed by atoms with Crippen molar-refractivity contribution in [1.82, 2.24) is 0 Å². The fraction of sp³-hybridized carbons (Fsp3) is 1.00. The largest absolute Gasteiger partial charge is 0.397 e.